The molecule has 0 aliphatic heterocycles. The Labute approximate surface area is 175 Å². The first kappa shape index (κ1) is 21.2. The lowest BCUT2D eigenvalue weighted by Gasteiger charge is -2.11. The lowest BCUT2D eigenvalue weighted by Crippen LogP contribution is -2.25. The quantitative estimate of drug-likeness (QED) is 0.464. The molecule has 0 bridgehead atoms. The molecule has 0 atom stereocenters. The molecule has 0 saturated heterocycles. The van der Waals surface area contributed by atoms with Gasteiger partial charge in [-0.15, -0.1) is 0 Å². The van der Waals surface area contributed by atoms with Crippen molar-refractivity contribution >= 4 is 11.8 Å². The van der Waals surface area contributed by atoms with E-state index in [2.05, 4.69) is 10.6 Å². The van der Waals surface area contributed by atoms with Gasteiger partial charge in [-0.05, 0) is 34.4 Å². The predicted molar refractivity (Wildman–Crippen MR) is 114 cm³/mol. The highest BCUT2D eigenvalue weighted by atomic mass is 16.3. The van der Waals surface area contributed by atoms with Crippen LogP contribution in [-0.2, 0) is 26.3 Å². The van der Waals surface area contributed by atoms with E-state index in [1.165, 1.54) is 0 Å². The van der Waals surface area contributed by atoms with Crippen LogP contribution in [0.3, 0.4) is 0 Å². The molecular formula is C24H24N2O4. The lowest BCUT2D eigenvalue weighted by molar-refractivity contribution is 0.0940. The summed E-state index contributed by atoms with van der Waals surface area (Å²) < 4.78 is 0. The monoisotopic (exact) mass is 404 g/mol. The minimum absolute atomic E-state index is 0.196. The number of carbonyl (C=O) groups excluding carboxylic acids is 2. The molecule has 0 saturated carbocycles. The number of amides is 2. The topological polar surface area (TPSA) is 98.7 Å². The number of carbonyl (C=O) groups is 2. The Balaban J connectivity index is 1.59. The first-order chi connectivity index (χ1) is 14.6. The minimum Gasteiger partial charge on any atom is -0.392 e. The van der Waals surface area contributed by atoms with Crippen LogP contribution >= 0.6 is 0 Å². The molecule has 0 radical (unpaired) electrons. The van der Waals surface area contributed by atoms with Gasteiger partial charge in [0.05, 0.1) is 13.2 Å². The number of nitrogens with one attached hydrogen (secondary N) is 2. The molecule has 0 heterocycles. The van der Waals surface area contributed by atoms with Crippen LogP contribution in [0.2, 0.25) is 0 Å². The van der Waals surface area contributed by atoms with Gasteiger partial charge in [0.25, 0.3) is 11.8 Å². The van der Waals surface area contributed by atoms with Crippen LogP contribution in [0, 0.1) is 0 Å². The average molecular weight is 404 g/mol. The number of benzene rings is 3. The third-order valence-electron chi connectivity index (χ3n) is 4.76. The summed E-state index contributed by atoms with van der Waals surface area (Å²) >= 11 is 0. The second kappa shape index (κ2) is 10.3. The third kappa shape index (κ3) is 5.31. The molecule has 0 fully saturated rings. The van der Waals surface area contributed by atoms with Crippen molar-refractivity contribution in [2.75, 3.05) is 0 Å². The maximum atomic E-state index is 12.4. The van der Waals surface area contributed by atoms with Crippen LogP contribution in [-0.4, -0.2) is 22.0 Å². The Bertz CT molecular complexity index is 954. The molecule has 3 rings (SSSR count). The summed E-state index contributed by atoms with van der Waals surface area (Å²) in [5.41, 5.74) is 3.85. The van der Waals surface area contributed by atoms with Crippen molar-refractivity contribution in [1.29, 1.82) is 0 Å². The van der Waals surface area contributed by atoms with E-state index < -0.39 is 0 Å². The van der Waals surface area contributed by atoms with E-state index in [0.29, 0.717) is 35.3 Å². The van der Waals surface area contributed by atoms with E-state index in [4.69, 9.17) is 0 Å². The molecule has 0 aromatic heterocycles. The number of rotatable bonds is 8. The second-order valence-corrected chi connectivity index (χ2v) is 6.82. The summed E-state index contributed by atoms with van der Waals surface area (Å²) in [7, 11) is 0. The molecule has 0 aliphatic rings. The van der Waals surface area contributed by atoms with Crippen molar-refractivity contribution in [2.24, 2.45) is 0 Å². The van der Waals surface area contributed by atoms with Crippen molar-refractivity contribution in [1.82, 2.24) is 10.6 Å². The normalized spacial score (nSPS) is 10.5. The van der Waals surface area contributed by atoms with Crippen molar-refractivity contribution in [3.05, 3.63) is 106 Å². The molecule has 3 aromatic rings. The fourth-order valence-electron chi connectivity index (χ4n) is 3.16. The summed E-state index contributed by atoms with van der Waals surface area (Å²) in [6.45, 7) is 0.262. The molecule has 154 valence electrons. The van der Waals surface area contributed by atoms with Crippen LogP contribution in [0.4, 0.5) is 0 Å². The molecule has 4 N–H and O–H groups in total. The zero-order chi connectivity index (χ0) is 21.3. The molecule has 2 amide bonds. The first-order valence-electron chi connectivity index (χ1n) is 9.64. The van der Waals surface area contributed by atoms with Gasteiger partial charge in [0.1, 0.15) is 0 Å². The zero-order valence-corrected chi connectivity index (χ0v) is 16.5. The molecule has 3 aromatic carbocycles. The predicted octanol–water partition coefficient (Wildman–Crippen LogP) is 2.53. The van der Waals surface area contributed by atoms with Crippen LogP contribution < -0.4 is 10.6 Å². The van der Waals surface area contributed by atoms with Crippen molar-refractivity contribution in [3.8, 4) is 0 Å². The number of aliphatic hydroxyl groups is 2. The summed E-state index contributed by atoms with van der Waals surface area (Å²) in [5.74, 6) is -0.502. The number of hydrogen-bond donors (Lipinski definition) is 4. The van der Waals surface area contributed by atoms with Gasteiger partial charge in [-0.2, -0.15) is 0 Å². The summed E-state index contributed by atoms with van der Waals surface area (Å²) in [6, 6.07) is 21.4. The van der Waals surface area contributed by atoms with Gasteiger partial charge < -0.3 is 20.8 Å². The van der Waals surface area contributed by atoms with Crippen LogP contribution in [0.1, 0.15) is 43.0 Å². The molecule has 6 nitrogen and oxygen atoms in total. The van der Waals surface area contributed by atoms with E-state index >= 15 is 0 Å². The fourth-order valence-corrected chi connectivity index (χ4v) is 3.16. The Morgan fingerprint density at radius 1 is 0.633 bits per heavy atom. The standard InChI is InChI=1S/C24H24N2O4/c27-15-19-8-1-3-10-21(19)23(29)25-13-17-6-5-7-18(12-17)14-26-24(30)22-11-4-2-9-20(22)16-28/h1-12,27-28H,13-16H2,(H,25,29)(H,26,30). The van der Waals surface area contributed by atoms with E-state index in [9.17, 15) is 19.8 Å². The van der Waals surface area contributed by atoms with Crippen LogP contribution in [0.25, 0.3) is 0 Å². The van der Waals surface area contributed by atoms with Crippen LogP contribution in [0.5, 0.6) is 0 Å². The van der Waals surface area contributed by atoms with Crippen molar-refractivity contribution in [3.63, 3.8) is 0 Å². The highest BCUT2D eigenvalue weighted by molar-refractivity contribution is 5.96. The molecular weight excluding hydrogens is 380 g/mol. The Morgan fingerprint density at radius 3 is 1.50 bits per heavy atom. The maximum Gasteiger partial charge on any atom is 0.251 e. The summed E-state index contributed by atoms with van der Waals surface area (Å²) in [6.07, 6.45) is 0. The van der Waals surface area contributed by atoms with Gasteiger partial charge in [-0.25, -0.2) is 0 Å². The Kier molecular flexibility index (Phi) is 7.32. The molecule has 6 heteroatoms. The molecule has 0 aliphatic carbocycles. The minimum atomic E-state index is -0.251. The molecule has 30 heavy (non-hydrogen) atoms. The fraction of sp³-hybridized carbons (Fsp3) is 0.167. The Hall–Kier alpha value is -3.48. The van der Waals surface area contributed by atoms with E-state index in [1.807, 2.05) is 24.3 Å². The van der Waals surface area contributed by atoms with Gasteiger partial charge in [-0.3, -0.25) is 9.59 Å². The molecule has 0 unspecified atom stereocenters. The third-order valence-corrected chi connectivity index (χ3v) is 4.76. The van der Waals surface area contributed by atoms with Crippen molar-refractivity contribution in [2.45, 2.75) is 26.3 Å². The summed E-state index contributed by atoms with van der Waals surface area (Å²) in [5, 5.41) is 24.5. The van der Waals surface area contributed by atoms with Gasteiger partial charge in [-0.1, -0.05) is 60.7 Å². The average Bonchev–Trinajstić information content (AvgIpc) is 2.81. The zero-order valence-electron chi connectivity index (χ0n) is 16.5. The lowest BCUT2D eigenvalue weighted by atomic mass is 10.1. The van der Waals surface area contributed by atoms with E-state index in [-0.39, 0.29) is 25.0 Å². The van der Waals surface area contributed by atoms with E-state index in [0.717, 1.165) is 11.1 Å². The first-order valence-corrected chi connectivity index (χ1v) is 9.64. The molecule has 0 spiro atoms. The highest BCUT2D eigenvalue weighted by Gasteiger charge is 2.11. The number of hydrogen-bond acceptors (Lipinski definition) is 4. The maximum absolute atomic E-state index is 12.4. The van der Waals surface area contributed by atoms with Crippen LogP contribution in [0.15, 0.2) is 72.8 Å². The van der Waals surface area contributed by atoms with E-state index in [1.54, 1.807) is 48.5 Å². The largest absolute Gasteiger partial charge is 0.392 e. The second-order valence-electron chi connectivity index (χ2n) is 6.82. The Morgan fingerprint density at radius 2 is 1.07 bits per heavy atom. The smallest absolute Gasteiger partial charge is 0.251 e. The van der Waals surface area contributed by atoms with Gasteiger partial charge in [0, 0.05) is 24.2 Å². The SMILES string of the molecule is O=C(NCc1cccc(CNC(=O)c2ccccc2CO)c1)c1ccccc1CO. The summed E-state index contributed by atoms with van der Waals surface area (Å²) in [4.78, 5) is 24.8. The van der Waals surface area contributed by atoms with Gasteiger partial charge in [0.2, 0.25) is 0 Å². The highest BCUT2D eigenvalue weighted by Crippen LogP contribution is 2.11. The van der Waals surface area contributed by atoms with Crippen molar-refractivity contribution < 1.29 is 19.8 Å². The van der Waals surface area contributed by atoms with Gasteiger partial charge >= 0.3 is 0 Å². The van der Waals surface area contributed by atoms with Gasteiger partial charge in [0.15, 0.2) is 0 Å². The number of aliphatic hydroxyl groups excluding tert-OH is 2.